The molecule has 1 aromatic carbocycles. The lowest BCUT2D eigenvalue weighted by Crippen LogP contribution is -2.28. The Bertz CT molecular complexity index is 669. The SMILES string of the molecule is O=C(c1cncc(F)c1)N1[C@H]2CC[C@H]1c1ccccc12. The first-order valence-corrected chi connectivity index (χ1v) is 6.78. The number of amides is 1. The molecule has 4 heteroatoms. The van der Waals surface area contributed by atoms with Crippen LogP contribution in [0.5, 0.6) is 0 Å². The zero-order valence-corrected chi connectivity index (χ0v) is 10.8. The van der Waals surface area contributed by atoms with Gasteiger partial charge in [-0.05, 0) is 30.0 Å². The van der Waals surface area contributed by atoms with Crippen molar-refractivity contribution < 1.29 is 9.18 Å². The number of benzene rings is 1. The Balaban J connectivity index is 1.74. The molecule has 1 saturated heterocycles. The molecule has 100 valence electrons. The third-order valence-electron chi connectivity index (χ3n) is 4.29. The summed E-state index contributed by atoms with van der Waals surface area (Å²) in [6.07, 6.45) is 4.52. The molecule has 1 aromatic heterocycles. The van der Waals surface area contributed by atoms with Crippen LogP contribution in [-0.2, 0) is 0 Å². The van der Waals surface area contributed by atoms with E-state index in [1.807, 2.05) is 17.0 Å². The van der Waals surface area contributed by atoms with E-state index in [1.54, 1.807) is 0 Å². The number of fused-ring (bicyclic) bond motifs is 5. The molecule has 2 aromatic rings. The molecule has 0 saturated carbocycles. The molecule has 0 N–H and O–H groups in total. The van der Waals surface area contributed by atoms with E-state index >= 15 is 0 Å². The van der Waals surface area contributed by atoms with Gasteiger partial charge in [-0.15, -0.1) is 0 Å². The van der Waals surface area contributed by atoms with Gasteiger partial charge in [0.2, 0.25) is 0 Å². The number of carbonyl (C=O) groups is 1. The average Bonchev–Trinajstić information content (AvgIpc) is 3.03. The first-order valence-electron chi connectivity index (χ1n) is 6.78. The summed E-state index contributed by atoms with van der Waals surface area (Å²) in [5, 5.41) is 0. The third kappa shape index (κ3) is 1.51. The van der Waals surface area contributed by atoms with Crippen molar-refractivity contribution in [3.05, 3.63) is 65.2 Å². The monoisotopic (exact) mass is 268 g/mol. The largest absolute Gasteiger partial charge is 0.324 e. The van der Waals surface area contributed by atoms with Crippen LogP contribution in [0.15, 0.2) is 42.7 Å². The highest BCUT2D eigenvalue weighted by Gasteiger charge is 2.46. The van der Waals surface area contributed by atoms with Gasteiger partial charge in [0.25, 0.3) is 5.91 Å². The second-order valence-electron chi connectivity index (χ2n) is 5.34. The molecule has 0 unspecified atom stereocenters. The molecule has 3 nitrogen and oxygen atoms in total. The van der Waals surface area contributed by atoms with E-state index in [1.165, 1.54) is 23.4 Å². The predicted molar refractivity (Wildman–Crippen MR) is 71.5 cm³/mol. The second-order valence-corrected chi connectivity index (χ2v) is 5.34. The Kier molecular flexibility index (Phi) is 2.39. The fraction of sp³-hybridized carbons (Fsp3) is 0.250. The van der Waals surface area contributed by atoms with Gasteiger partial charge in [-0.25, -0.2) is 4.39 Å². The molecule has 2 atom stereocenters. The Morgan fingerprint density at radius 1 is 1.15 bits per heavy atom. The zero-order chi connectivity index (χ0) is 13.7. The second kappa shape index (κ2) is 4.13. The number of hydrogen-bond donors (Lipinski definition) is 0. The van der Waals surface area contributed by atoms with Crippen LogP contribution >= 0.6 is 0 Å². The van der Waals surface area contributed by atoms with E-state index in [0.717, 1.165) is 19.0 Å². The van der Waals surface area contributed by atoms with E-state index in [4.69, 9.17) is 0 Å². The summed E-state index contributed by atoms with van der Waals surface area (Å²) in [5.41, 5.74) is 2.80. The van der Waals surface area contributed by atoms with Crippen molar-refractivity contribution >= 4 is 5.91 Å². The minimum atomic E-state index is -0.472. The van der Waals surface area contributed by atoms with E-state index in [9.17, 15) is 9.18 Å². The van der Waals surface area contributed by atoms with Crippen molar-refractivity contribution in [1.29, 1.82) is 0 Å². The van der Waals surface area contributed by atoms with E-state index in [-0.39, 0.29) is 18.0 Å². The summed E-state index contributed by atoms with van der Waals surface area (Å²) < 4.78 is 13.3. The van der Waals surface area contributed by atoms with Crippen molar-refractivity contribution in [2.24, 2.45) is 0 Å². The number of carbonyl (C=O) groups excluding carboxylic acids is 1. The number of rotatable bonds is 1. The zero-order valence-electron chi connectivity index (χ0n) is 10.8. The standard InChI is InChI=1S/C16H13FN2O/c17-11-7-10(8-18-9-11)16(20)19-14-5-6-15(19)13-4-2-1-3-12(13)14/h1-4,7-9,14-15H,5-6H2/t14-,15-/m0/s1. The molecule has 0 spiro atoms. The van der Waals surface area contributed by atoms with Gasteiger partial charge < -0.3 is 4.90 Å². The maximum absolute atomic E-state index is 13.3. The van der Waals surface area contributed by atoms with Gasteiger partial charge in [0.1, 0.15) is 5.82 Å². The Morgan fingerprint density at radius 3 is 2.40 bits per heavy atom. The fourth-order valence-corrected chi connectivity index (χ4v) is 3.50. The number of halogens is 1. The third-order valence-corrected chi connectivity index (χ3v) is 4.29. The van der Waals surface area contributed by atoms with Crippen LogP contribution < -0.4 is 0 Å². The first-order chi connectivity index (χ1) is 9.75. The number of pyridine rings is 1. The Labute approximate surface area is 116 Å². The molecule has 0 radical (unpaired) electrons. The van der Waals surface area contributed by atoms with E-state index in [2.05, 4.69) is 17.1 Å². The summed E-state index contributed by atoms with van der Waals surface area (Å²) in [6, 6.07) is 9.71. The summed E-state index contributed by atoms with van der Waals surface area (Å²) in [6.45, 7) is 0. The first kappa shape index (κ1) is 11.6. The van der Waals surface area contributed by atoms with Crippen molar-refractivity contribution in [2.45, 2.75) is 24.9 Å². The predicted octanol–water partition coefficient (Wildman–Crippen LogP) is 3.25. The highest BCUT2D eigenvalue weighted by molar-refractivity contribution is 5.95. The minimum absolute atomic E-state index is 0.124. The van der Waals surface area contributed by atoms with Crippen molar-refractivity contribution in [3.8, 4) is 0 Å². The van der Waals surface area contributed by atoms with Crippen LogP contribution in [0, 0.1) is 5.82 Å². The maximum Gasteiger partial charge on any atom is 0.256 e. The van der Waals surface area contributed by atoms with Gasteiger partial charge in [0, 0.05) is 6.20 Å². The molecule has 4 rings (SSSR count). The molecule has 3 heterocycles. The van der Waals surface area contributed by atoms with Crippen LogP contribution in [0.2, 0.25) is 0 Å². The van der Waals surface area contributed by atoms with Crippen molar-refractivity contribution in [1.82, 2.24) is 9.88 Å². The average molecular weight is 268 g/mol. The fourth-order valence-electron chi connectivity index (χ4n) is 3.50. The molecule has 1 fully saturated rings. The summed E-state index contributed by atoms with van der Waals surface area (Å²) in [4.78, 5) is 18.3. The van der Waals surface area contributed by atoms with Gasteiger partial charge in [0.05, 0.1) is 23.8 Å². The summed E-state index contributed by atoms with van der Waals surface area (Å²) >= 11 is 0. The van der Waals surface area contributed by atoms with Crippen molar-refractivity contribution in [2.75, 3.05) is 0 Å². The molecular weight excluding hydrogens is 255 g/mol. The van der Waals surface area contributed by atoms with Gasteiger partial charge in [-0.2, -0.15) is 0 Å². The number of aromatic nitrogens is 1. The molecule has 2 aliphatic heterocycles. The smallest absolute Gasteiger partial charge is 0.256 e. The lowest BCUT2D eigenvalue weighted by molar-refractivity contribution is 0.0696. The molecule has 1 amide bonds. The molecule has 2 aliphatic rings. The molecule has 20 heavy (non-hydrogen) atoms. The van der Waals surface area contributed by atoms with Crippen LogP contribution in [0.4, 0.5) is 4.39 Å². The van der Waals surface area contributed by atoms with Crippen LogP contribution in [0.1, 0.15) is 46.4 Å². The summed E-state index contributed by atoms with van der Waals surface area (Å²) in [7, 11) is 0. The topological polar surface area (TPSA) is 33.2 Å². The van der Waals surface area contributed by atoms with E-state index in [0.29, 0.717) is 5.56 Å². The van der Waals surface area contributed by atoms with Gasteiger partial charge in [-0.3, -0.25) is 9.78 Å². The molecule has 0 aliphatic carbocycles. The molecule has 2 bridgehead atoms. The van der Waals surface area contributed by atoms with Gasteiger partial charge in [-0.1, -0.05) is 24.3 Å². The number of hydrogen-bond acceptors (Lipinski definition) is 2. The number of nitrogens with zero attached hydrogens (tertiary/aromatic N) is 2. The Hall–Kier alpha value is -2.23. The highest BCUT2D eigenvalue weighted by Crippen LogP contribution is 2.53. The normalized spacial score (nSPS) is 22.9. The lowest BCUT2D eigenvalue weighted by Gasteiger charge is -2.22. The van der Waals surface area contributed by atoms with Crippen LogP contribution in [0.3, 0.4) is 0 Å². The minimum Gasteiger partial charge on any atom is -0.324 e. The van der Waals surface area contributed by atoms with Gasteiger partial charge >= 0.3 is 0 Å². The maximum atomic E-state index is 13.3. The van der Waals surface area contributed by atoms with Crippen LogP contribution in [0.25, 0.3) is 0 Å². The van der Waals surface area contributed by atoms with E-state index < -0.39 is 5.82 Å². The lowest BCUT2D eigenvalue weighted by atomic mass is 9.92. The van der Waals surface area contributed by atoms with Crippen molar-refractivity contribution in [3.63, 3.8) is 0 Å². The van der Waals surface area contributed by atoms with Crippen LogP contribution in [-0.4, -0.2) is 15.8 Å². The summed E-state index contributed by atoms with van der Waals surface area (Å²) in [5.74, 6) is -0.597. The molecular formula is C16H13FN2O. The Morgan fingerprint density at radius 2 is 1.80 bits per heavy atom. The van der Waals surface area contributed by atoms with Gasteiger partial charge in [0.15, 0.2) is 0 Å². The quantitative estimate of drug-likeness (QED) is 0.795. The highest BCUT2D eigenvalue weighted by atomic mass is 19.1.